The highest BCUT2D eigenvalue weighted by Gasteiger charge is 2.39. The second-order valence-corrected chi connectivity index (χ2v) is 8.84. The van der Waals surface area contributed by atoms with Crippen LogP contribution in [-0.4, -0.2) is 58.5 Å². The summed E-state index contributed by atoms with van der Waals surface area (Å²) in [7, 11) is 0. The molecule has 6 nitrogen and oxygen atoms in total. The van der Waals surface area contributed by atoms with Gasteiger partial charge in [-0.2, -0.15) is 5.10 Å². The maximum Gasteiger partial charge on any atom is 0.272 e. The lowest BCUT2D eigenvalue weighted by molar-refractivity contribution is -0.0803. The predicted molar refractivity (Wildman–Crippen MR) is 115 cm³/mol. The van der Waals surface area contributed by atoms with Crippen LogP contribution in [0.4, 0.5) is 0 Å². The van der Waals surface area contributed by atoms with Crippen molar-refractivity contribution in [2.75, 3.05) is 19.8 Å². The summed E-state index contributed by atoms with van der Waals surface area (Å²) in [5.74, 6) is -0.0518. The highest BCUT2D eigenvalue weighted by atomic mass is 16.5. The average Bonchev–Trinajstić information content (AvgIpc) is 3.08. The zero-order chi connectivity index (χ0) is 20.4. The number of amides is 1. The summed E-state index contributed by atoms with van der Waals surface area (Å²) in [6.45, 7) is 9.14. The van der Waals surface area contributed by atoms with E-state index >= 15 is 0 Å². The molecule has 6 heteroatoms. The largest absolute Gasteiger partial charge is 0.378 e. The molecule has 1 amide bonds. The van der Waals surface area contributed by atoms with Crippen LogP contribution in [0.2, 0.25) is 0 Å². The lowest BCUT2D eigenvalue weighted by Gasteiger charge is -2.48. The first-order chi connectivity index (χ1) is 14.1. The minimum absolute atomic E-state index is 0.0518. The van der Waals surface area contributed by atoms with E-state index in [9.17, 15) is 4.79 Å². The molecular weight excluding hydrogens is 364 g/mol. The highest BCUT2D eigenvalue weighted by molar-refractivity contribution is 6.05. The van der Waals surface area contributed by atoms with Crippen LogP contribution in [0.1, 0.15) is 69.4 Å². The molecular formula is C23H34N4O2. The Hall–Kier alpha value is -1.92. The number of rotatable bonds is 7. The summed E-state index contributed by atoms with van der Waals surface area (Å²) in [5, 5.41) is 8.89. The molecule has 1 aromatic carbocycles. The van der Waals surface area contributed by atoms with Crippen LogP contribution in [-0.2, 0) is 4.74 Å². The molecule has 2 aromatic rings. The van der Waals surface area contributed by atoms with Crippen molar-refractivity contribution < 1.29 is 9.53 Å². The summed E-state index contributed by atoms with van der Waals surface area (Å²) in [5.41, 5.74) is 1.56. The van der Waals surface area contributed by atoms with Crippen LogP contribution in [0.25, 0.3) is 10.9 Å². The fourth-order valence-corrected chi connectivity index (χ4v) is 4.92. The number of morpholine rings is 1. The molecule has 0 aliphatic carbocycles. The van der Waals surface area contributed by atoms with E-state index < -0.39 is 0 Å². The fraction of sp³-hybridized carbons (Fsp3) is 0.652. The predicted octanol–water partition coefficient (Wildman–Crippen LogP) is 3.77. The number of unbranched alkanes of at least 4 members (excludes halogenated alkanes) is 2. The topological polar surface area (TPSA) is 59.4 Å². The van der Waals surface area contributed by atoms with Crippen molar-refractivity contribution in [2.24, 2.45) is 0 Å². The number of fused-ring (bicyclic) bond motifs is 3. The number of carbonyl (C=O) groups is 1. The van der Waals surface area contributed by atoms with Gasteiger partial charge in [-0.1, -0.05) is 38.0 Å². The van der Waals surface area contributed by atoms with E-state index in [2.05, 4.69) is 36.1 Å². The number of nitrogens with one attached hydrogen (secondary N) is 1. The van der Waals surface area contributed by atoms with Crippen molar-refractivity contribution in [1.82, 2.24) is 20.0 Å². The number of aromatic nitrogens is 2. The summed E-state index contributed by atoms with van der Waals surface area (Å²) in [4.78, 5) is 15.8. The van der Waals surface area contributed by atoms with E-state index in [4.69, 9.17) is 4.74 Å². The molecule has 29 heavy (non-hydrogen) atoms. The molecule has 0 spiro atoms. The number of ether oxygens (including phenoxy) is 1. The van der Waals surface area contributed by atoms with E-state index in [1.807, 2.05) is 28.9 Å². The maximum atomic E-state index is 13.1. The van der Waals surface area contributed by atoms with Crippen molar-refractivity contribution in [3.63, 3.8) is 0 Å². The van der Waals surface area contributed by atoms with E-state index in [-0.39, 0.29) is 18.0 Å². The Labute approximate surface area is 173 Å². The van der Waals surface area contributed by atoms with Gasteiger partial charge in [0.25, 0.3) is 5.91 Å². The van der Waals surface area contributed by atoms with Crippen LogP contribution in [0.5, 0.6) is 0 Å². The van der Waals surface area contributed by atoms with Gasteiger partial charge in [-0.25, -0.2) is 0 Å². The van der Waals surface area contributed by atoms with Gasteiger partial charge >= 0.3 is 0 Å². The number of hydrogen-bond acceptors (Lipinski definition) is 4. The van der Waals surface area contributed by atoms with Gasteiger partial charge in [-0.3, -0.25) is 14.4 Å². The van der Waals surface area contributed by atoms with Gasteiger partial charge in [-0.05, 0) is 45.7 Å². The quantitative estimate of drug-likeness (QED) is 0.722. The van der Waals surface area contributed by atoms with Gasteiger partial charge in [0, 0.05) is 29.6 Å². The van der Waals surface area contributed by atoms with Gasteiger partial charge < -0.3 is 10.1 Å². The third kappa shape index (κ3) is 4.19. The number of benzene rings is 1. The van der Waals surface area contributed by atoms with Gasteiger partial charge in [-0.15, -0.1) is 0 Å². The lowest BCUT2D eigenvalue weighted by Crippen LogP contribution is -2.60. The van der Waals surface area contributed by atoms with E-state index in [1.54, 1.807) is 0 Å². The van der Waals surface area contributed by atoms with E-state index in [1.165, 1.54) is 19.3 Å². The highest BCUT2D eigenvalue weighted by Crippen LogP contribution is 2.29. The van der Waals surface area contributed by atoms with Crippen LogP contribution in [0, 0.1) is 0 Å². The first kappa shape index (κ1) is 20.4. The molecule has 1 N–H and O–H groups in total. The second-order valence-electron chi connectivity index (χ2n) is 8.84. The van der Waals surface area contributed by atoms with E-state index in [0.29, 0.717) is 17.8 Å². The zero-order valence-electron chi connectivity index (χ0n) is 17.9. The van der Waals surface area contributed by atoms with Crippen molar-refractivity contribution in [3.05, 3.63) is 30.0 Å². The molecule has 3 heterocycles. The van der Waals surface area contributed by atoms with Crippen molar-refractivity contribution in [3.8, 4) is 0 Å². The summed E-state index contributed by atoms with van der Waals surface area (Å²) in [6, 6.07) is 9.23. The molecule has 1 unspecified atom stereocenters. The monoisotopic (exact) mass is 398 g/mol. The van der Waals surface area contributed by atoms with Gasteiger partial charge in [0.15, 0.2) is 5.69 Å². The summed E-state index contributed by atoms with van der Waals surface area (Å²) in [6.07, 6.45) is 5.69. The maximum absolute atomic E-state index is 13.1. The average molecular weight is 399 g/mol. The summed E-state index contributed by atoms with van der Waals surface area (Å²) < 4.78 is 7.78. The molecule has 2 saturated heterocycles. The second kappa shape index (κ2) is 8.84. The Morgan fingerprint density at radius 1 is 1.21 bits per heavy atom. The third-order valence-electron chi connectivity index (χ3n) is 6.34. The van der Waals surface area contributed by atoms with Crippen LogP contribution >= 0.6 is 0 Å². The Bertz CT molecular complexity index is 833. The molecule has 4 rings (SSSR count). The first-order valence-electron chi connectivity index (χ1n) is 11.2. The first-order valence-corrected chi connectivity index (χ1v) is 11.2. The van der Waals surface area contributed by atoms with E-state index in [0.717, 1.165) is 43.5 Å². The number of piperidine rings is 1. The molecule has 158 valence electrons. The minimum Gasteiger partial charge on any atom is -0.378 e. The SMILES string of the molecule is CCCCCN1[C@@H]2COC[C@H]1CC(NC(=O)c1nn(C(C)C)c3ccccc13)C2. The Morgan fingerprint density at radius 3 is 2.62 bits per heavy atom. The normalized spacial score (nSPS) is 24.9. The summed E-state index contributed by atoms with van der Waals surface area (Å²) >= 11 is 0. The molecule has 2 aliphatic heterocycles. The Morgan fingerprint density at radius 2 is 1.93 bits per heavy atom. The van der Waals surface area contributed by atoms with Crippen LogP contribution < -0.4 is 5.32 Å². The third-order valence-corrected chi connectivity index (χ3v) is 6.34. The number of nitrogens with zero attached hydrogens (tertiary/aromatic N) is 3. The number of hydrogen-bond donors (Lipinski definition) is 1. The fourth-order valence-electron chi connectivity index (χ4n) is 4.92. The molecule has 0 saturated carbocycles. The zero-order valence-corrected chi connectivity index (χ0v) is 17.9. The molecule has 2 aliphatic rings. The smallest absolute Gasteiger partial charge is 0.272 e. The van der Waals surface area contributed by atoms with Crippen molar-refractivity contribution in [1.29, 1.82) is 0 Å². The van der Waals surface area contributed by atoms with Crippen LogP contribution in [0.3, 0.4) is 0 Å². The van der Waals surface area contributed by atoms with Crippen LogP contribution in [0.15, 0.2) is 24.3 Å². The number of carbonyl (C=O) groups excluding carboxylic acids is 1. The van der Waals surface area contributed by atoms with Crippen molar-refractivity contribution in [2.45, 2.75) is 77.0 Å². The number of para-hydroxylation sites is 1. The lowest BCUT2D eigenvalue weighted by atomic mass is 9.89. The standard InChI is InChI=1S/C23H34N4O2/c1-4-5-8-11-26-18-12-17(13-19(26)15-29-14-18)24-23(28)22-20-9-6-7-10-21(20)27(25-22)16(2)3/h6-7,9-10,16-19H,4-5,8,11-15H2,1-3H3,(H,24,28)/t17?,18-,19+. The molecule has 2 fully saturated rings. The molecule has 0 radical (unpaired) electrons. The Balaban J connectivity index is 1.47. The Kier molecular flexibility index (Phi) is 6.20. The van der Waals surface area contributed by atoms with Gasteiger partial charge in [0.1, 0.15) is 0 Å². The van der Waals surface area contributed by atoms with Crippen molar-refractivity contribution >= 4 is 16.8 Å². The minimum atomic E-state index is -0.0518. The molecule has 1 aromatic heterocycles. The molecule has 3 atom stereocenters. The van der Waals surface area contributed by atoms with Gasteiger partial charge in [0.2, 0.25) is 0 Å². The van der Waals surface area contributed by atoms with Gasteiger partial charge in [0.05, 0.1) is 18.7 Å². The molecule has 2 bridgehead atoms.